The molecule has 0 radical (unpaired) electrons. The zero-order chi connectivity index (χ0) is 23.0. The van der Waals surface area contributed by atoms with Crippen LogP contribution >= 0.6 is 11.8 Å². The van der Waals surface area contributed by atoms with Gasteiger partial charge < -0.3 is 0 Å². The van der Waals surface area contributed by atoms with Gasteiger partial charge in [-0.15, -0.1) is 22.0 Å². The molecule has 0 fully saturated rings. The molecule has 3 aromatic carbocycles. The Labute approximate surface area is 195 Å². The molecule has 0 saturated carbocycles. The van der Waals surface area contributed by atoms with Crippen molar-refractivity contribution >= 4 is 23.6 Å². The van der Waals surface area contributed by atoms with E-state index in [2.05, 4.69) is 26.3 Å². The SMILES string of the molecule is CCSc1ccccc1C(=O)NNC(=O)c1ccc(Cn2nnc(-c3ccccc3)n2)cc1. The van der Waals surface area contributed by atoms with Crippen molar-refractivity contribution < 1.29 is 9.59 Å². The molecule has 4 aromatic rings. The molecule has 0 unspecified atom stereocenters. The Balaban J connectivity index is 1.34. The Morgan fingerprint density at radius 1 is 0.879 bits per heavy atom. The third-order valence-corrected chi connectivity index (χ3v) is 5.70. The summed E-state index contributed by atoms with van der Waals surface area (Å²) in [5.74, 6) is 0.644. The van der Waals surface area contributed by atoms with E-state index in [0.29, 0.717) is 23.5 Å². The molecule has 33 heavy (non-hydrogen) atoms. The van der Waals surface area contributed by atoms with E-state index >= 15 is 0 Å². The maximum Gasteiger partial charge on any atom is 0.270 e. The highest BCUT2D eigenvalue weighted by Gasteiger charge is 2.13. The highest BCUT2D eigenvalue weighted by molar-refractivity contribution is 7.99. The summed E-state index contributed by atoms with van der Waals surface area (Å²) < 4.78 is 0. The van der Waals surface area contributed by atoms with Crippen LogP contribution in [-0.2, 0) is 6.54 Å². The Morgan fingerprint density at radius 2 is 1.58 bits per heavy atom. The fourth-order valence-electron chi connectivity index (χ4n) is 3.13. The van der Waals surface area contributed by atoms with Crippen LogP contribution in [0.15, 0.2) is 83.8 Å². The number of rotatable bonds is 7. The van der Waals surface area contributed by atoms with E-state index in [1.54, 1.807) is 36.0 Å². The lowest BCUT2D eigenvalue weighted by Gasteiger charge is -2.10. The van der Waals surface area contributed by atoms with E-state index in [9.17, 15) is 9.59 Å². The van der Waals surface area contributed by atoms with Gasteiger partial charge in [0.15, 0.2) is 0 Å². The van der Waals surface area contributed by atoms with Gasteiger partial charge in [-0.3, -0.25) is 20.4 Å². The maximum atomic E-state index is 12.5. The molecule has 8 nitrogen and oxygen atoms in total. The molecule has 166 valence electrons. The number of hydrogen-bond acceptors (Lipinski definition) is 6. The lowest BCUT2D eigenvalue weighted by atomic mass is 10.1. The van der Waals surface area contributed by atoms with Crippen molar-refractivity contribution in [2.24, 2.45) is 0 Å². The first-order valence-corrected chi connectivity index (χ1v) is 11.4. The second-order valence-corrected chi connectivity index (χ2v) is 8.35. The number of nitrogens with one attached hydrogen (secondary N) is 2. The highest BCUT2D eigenvalue weighted by Crippen LogP contribution is 2.22. The number of amides is 2. The van der Waals surface area contributed by atoms with E-state index < -0.39 is 5.91 Å². The van der Waals surface area contributed by atoms with Crippen LogP contribution in [0.4, 0.5) is 0 Å². The molecule has 0 aliphatic rings. The van der Waals surface area contributed by atoms with Crippen LogP contribution in [0.5, 0.6) is 0 Å². The number of benzene rings is 3. The van der Waals surface area contributed by atoms with Crippen LogP contribution in [0.25, 0.3) is 11.4 Å². The first kappa shape index (κ1) is 22.2. The molecule has 0 spiro atoms. The second kappa shape index (κ2) is 10.6. The molecule has 0 saturated heterocycles. The Morgan fingerprint density at radius 3 is 2.33 bits per heavy atom. The average Bonchev–Trinajstić information content (AvgIpc) is 3.32. The van der Waals surface area contributed by atoms with Crippen LogP contribution in [0.1, 0.15) is 33.2 Å². The van der Waals surface area contributed by atoms with Crippen LogP contribution in [0, 0.1) is 0 Å². The lowest BCUT2D eigenvalue weighted by molar-refractivity contribution is 0.0845. The molecule has 4 rings (SSSR count). The van der Waals surface area contributed by atoms with Crippen molar-refractivity contribution in [1.82, 2.24) is 31.1 Å². The van der Waals surface area contributed by atoms with Gasteiger partial charge in [0.2, 0.25) is 5.82 Å². The predicted molar refractivity (Wildman–Crippen MR) is 127 cm³/mol. The number of hydrazine groups is 1. The minimum atomic E-state index is -0.402. The van der Waals surface area contributed by atoms with Gasteiger partial charge in [0, 0.05) is 16.0 Å². The molecule has 0 bridgehead atoms. The first-order valence-electron chi connectivity index (χ1n) is 10.4. The topological polar surface area (TPSA) is 102 Å². The number of thioether (sulfide) groups is 1. The summed E-state index contributed by atoms with van der Waals surface area (Å²) in [6.45, 7) is 2.44. The van der Waals surface area contributed by atoms with E-state index in [-0.39, 0.29) is 5.91 Å². The van der Waals surface area contributed by atoms with Crippen LogP contribution in [-0.4, -0.2) is 37.8 Å². The number of aromatic nitrogens is 4. The van der Waals surface area contributed by atoms with E-state index in [4.69, 9.17) is 0 Å². The van der Waals surface area contributed by atoms with Gasteiger partial charge >= 0.3 is 0 Å². The van der Waals surface area contributed by atoms with E-state index in [0.717, 1.165) is 21.8 Å². The summed E-state index contributed by atoms with van der Waals surface area (Å²) in [4.78, 5) is 27.3. The van der Waals surface area contributed by atoms with Gasteiger partial charge in [-0.2, -0.15) is 4.80 Å². The lowest BCUT2D eigenvalue weighted by Crippen LogP contribution is -2.41. The average molecular weight is 459 g/mol. The van der Waals surface area contributed by atoms with Gasteiger partial charge in [-0.05, 0) is 40.8 Å². The van der Waals surface area contributed by atoms with Crippen molar-refractivity contribution in [1.29, 1.82) is 0 Å². The normalized spacial score (nSPS) is 10.6. The molecular formula is C24H22N6O2S. The molecule has 0 atom stereocenters. The van der Waals surface area contributed by atoms with Crippen molar-refractivity contribution in [3.63, 3.8) is 0 Å². The van der Waals surface area contributed by atoms with Gasteiger partial charge in [-0.1, -0.05) is 61.5 Å². The van der Waals surface area contributed by atoms with Crippen molar-refractivity contribution in [3.05, 3.63) is 95.6 Å². The van der Waals surface area contributed by atoms with Crippen LogP contribution < -0.4 is 10.9 Å². The molecule has 1 aromatic heterocycles. The van der Waals surface area contributed by atoms with E-state index in [1.807, 2.05) is 61.5 Å². The standard InChI is InChI=1S/C24H22N6O2S/c1-2-33-21-11-7-6-10-20(21)24(32)27-26-23(31)19-14-12-17(13-15-19)16-30-28-22(25-29-30)18-8-4-3-5-9-18/h3-15H,2,16H2,1H3,(H,26,31)(H,27,32). The second-order valence-electron chi connectivity index (χ2n) is 7.04. The zero-order valence-corrected chi connectivity index (χ0v) is 18.7. The number of tetrazole rings is 1. The van der Waals surface area contributed by atoms with Crippen molar-refractivity contribution in [2.45, 2.75) is 18.4 Å². The number of carbonyl (C=O) groups is 2. The summed E-state index contributed by atoms with van der Waals surface area (Å²) in [7, 11) is 0. The van der Waals surface area contributed by atoms with Crippen molar-refractivity contribution in [3.8, 4) is 11.4 Å². The Kier molecular flexibility index (Phi) is 7.11. The summed E-state index contributed by atoms with van der Waals surface area (Å²) in [5, 5.41) is 12.6. The van der Waals surface area contributed by atoms with Gasteiger partial charge in [-0.25, -0.2) is 0 Å². The summed E-state index contributed by atoms with van der Waals surface area (Å²) in [5.41, 5.74) is 7.71. The maximum absolute atomic E-state index is 12.5. The fourth-order valence-corrected chi connectivity index (χ4v) is 3.93. The molecule has 2 N–H and O–H groups in total. The summed E-state index contributed by atoms with van der Waals surface area (Å²) >= 11 is 1.57. The minimum Gasteiger partial charge on any atom is -0.267 e. The quantitative estimate of drug-likeness (QED) is 0.324. The third kappa shape index (κ3) is 5.64. The Hall–Kier alpha value is -3.98. The highest BCUT2D eigenvalue weighted by atomic mass is 32.2. The van der Waals surface area contributed by atoms with Crippen LogP contribution in [0.2, 0.25) is 0 Å². The molecule has 0 aliphatic heterocycles. The number of carbonyl (C=O) groups excluding carboxylic acids is 2. The molecule has 2 amide bonds. The van der Waals surface area contributed by atoms with Crippen molar-refractivity contribution in [2.75, 3.05) is 5.75 Å². The third-order valence-electron chi connectivity index (χ3n) is 4.75. The Bertz CT molecular complexity index is 1240. The zero-order valence-electron chi connectivity index (χ0n) is 17.9. The van der Waals surface area contributed by atoms with Gasteiger partial charge in [0.05, 0.1) is 12.1 Å². The largest absolute Gasteiger partial charge is 0.270 e. The molecule has 9 heteroatoms. The van der Waals surface area contributed by atoms with E-state index in [1.165, 1.54) is 4.80 Å². The summed E-state index contributed by atoms with van der Waals surface area (Å²) in [6, 6.07) is 23.9. The summed E-state index contributed by atoms with van der Waals surface area (Å²) in [6.07, 6.45) is 0. The fraction of sp³-hybridized carbons (Fsp3) is 0.125. The van der Waals surface area contributed by atoms with Crippen LogP contribution in [0.3, 0.4) is 0 Å². The first-order chi connectivity index (χ1) is 16.1. The molecule has 0 aliphatic carbocycles. The smallest absolute Gasteiger partial charge is 0.267 e. The molecular weight excluding hydrogens is 436 g/mol. The monoisotopic (exact) mass is 458 g/mol. The van der Waals surface area contributed by atoms with Gasteiger partial charge in [0.25, 0.3) is 11.8 Å². The number of nitrogens with zero attached hydrogens (tertiary/aromatic N) is 4. The predicted octanol–water partition coefficient (Wildman–Crippen LogP) is 3.58. The number of hydrogen-bond donors (Lipinski definition) is 2. The minimum absolute atomic E-state index is 0.358. The van der Waals surface area contributed by atoms with Gasteiger partial charge in [0.1, 0.15) is 0 Å². The molecule has 1 heterocycles.